The molecule has 0 bridgehead atoms. The van der Waals surface area contributed by atoms with Gasteiger partial charge in [-0.05, 0) is 104 Å². The maximum atomic E-state index is 6.07. The number of hydrogen-bond acceptors (Lipinski definition) is 6. The summed E-state index contributed by atoms with van der Waals surface area (Å²) < 4.78 is 23.9. The first-order chi connectivity index (χ1) is 20.0. The highest BCUT2D eigenvalue weighted by molar-refractivity contribution is 5.53. The van der Waals surface area contributed by atoms with Crippen LogP contribution in [0.25, 0.3) is 0 Å². The number of rotatable bonds is 9. The van der Waals surface area contributed by atoms with Crippen molar-refractivity contribution in [2.75, 3.05) is 36.4 Å². The summed E-state index contributed by atoms with van der Waals surface area (Å²) in [6.07, 6.45) is 8.74. The van der Waals surface area contributed by atoms with Crippen LogP contribution in [0.3, 0.4) is 0 Å². The highest BCUT2D eigenvalue weighted by atomic mass is 16.5. The Kier molecular flexibility index (Phi) is 8.79. The summed E-state index contributed by atoms with van der Waals surface area (Å²) in [5.74, 6) is 4.76. The minimum Gasteiger partial charge on any atom is -0.473 e. The highest BCUT2D eigenvalue weighted by Crippen LogP contribution is 2.31. The lowest BCUT2D eigenvalue weighted by Gasteiger charge is -2.32. The molecule has 0 amide bonds. The van der Waals surface area contributed by atoms with Crippen LogP contribution in [0.2, 0.25) is 0 Å². The standard InChI is InChI=1S/C35H36N2O4/c1-5-7-9-35-27(4)23-37(25-39-35)29-12-16-31(17-13-29)41-33-20-18-32(19-21-33)40-30-14-10-28(11-15-30)36-22-26(3)34(8-6-2)38-24-36/h6-21H,2-3,5,22-25H2,1,4H3/b9-7-,34-8+. The molecule has 0 atom stereocenters. The lowest BCUT2D eigenvalue weighted by atomic mass is 10.2. The first-order valence-electron chi connectivity index (χ1n) is 13.8. The second kappa shape index (κ2) is 13.0. The lowest BCUT2D eigenvalue weighted by Crippen LogP contribution is -2.33. The molecule has 1 fully saturated rings. The van der Waals surface area contributed by atoms with Gasteiger partial charge in [-0.15, -0.1) is 0 Å². The Bertz CT molecular complexity index is 1450. The molecule has 210 valence electrons. The smallest absolute Gasteiger partial charge is 0.161 e. The molecule has 2 aliphatic rings. The average Bonchev–Trinajstić information content (AvgIpc) is 2.99. The Morgan fingerprint density at radius 2 is 1.24 bits per heavy atom. The van der Waals surface area contributed by atoms with Gasteiger partial charge < -0.3 is 28.7 Å². The molecule has 0 aliphatic carbocycles. The van der Waals surface area contributed by atoms with Gasteiger partial charge in [0.25, 0.3) is 0 Å². The minimum absolute atomic E-state index is 0.463. The molecule has 0 radical (unpaired) electrons. The summed E-state index contributed by atoms with van der Waals surface area (Å²) in [6, 6.07) is 23.6. The van der Waals surface area contributed by atoms with E-state index in [1.807, 2.05) is 66.7 Å². The monoisotopic (exact) mass is 548 g/mol. The number of nitrogens with zero attached hydrogens (tertiary/aromatic N) is 2. The molecule has 0 unspecified atom stereocenters. The van der Waals surface area contributed by atoms with Crippen LogP contribution in [0.5, 0.6) is 23.0 Å². The Labute approximate surface area is 242 Å². The summed E-state index contributed by atoms with van der Waals surface area (Å²) >= 11 is 0. The summed E-state index contributed by atoms with van der Waals surface area (Å²) in [5, 5.41) is 0. The van der Waals surface area contributed by atoms with Gasteiger partial charge in [0, 0.05) is 30.0 Å². The van der Waals surface area contributed by atoms with Crippen molar-refractivity contribution in [2.24, 2.45) is 0 Å². The molecular formula is C35H36N2O4. The summed E-state index contributed by atoms with van der Waals surface area (Å²) in [4.78, 5) is 4.32. The van der Waals surface area contributed by atoms with Crippen molar-refractivity contribution in [3.05, 3.63) is 133 Å². The molecule has 0 saturated carbocycles. The van der Waals surface area contributed by atoms with Crippen molar-refractivity contribution in [3.63, 3.8) is 0 Å². The van der Waals surface area contributed by atoms with Gasteiger partial charge in [-0.1, -0.05) is 32.2 Å². The maximum Gasteiger partial charge on any atom is 0.161 e. The molecule has 2 aliphatic heterocycles. The summed E-state index contributed by atoms with van der Waals surface area (Å²) in [5.41, 5.74) is 4.28. The van der Waals surface area contributed by atoms with E-state index < -0.39 is 0 Å². The van der Waals surface area contributed by atoms with Gasteiger partial charge in [0.1, 0.15) is 34.5 Å². The highest BCUT2D eigenvalue weighted by Gasteiger charge is 2.19. The number of hydrogen-bond donors (Lipinski definition) is 0. The molecule has 1 saturated heterocycles. The van der Waals surface area contributed by atoms with E-state index in [9.17, 15) is 0 Å². The number of anilines is 2. The van der Waals surface area contributed by atoms with Crippen molar-refractivity contribution in [3.8, 4) is 23.0 Å². The van der Waals surface area contributed by atoms with Crippen LogP contribution in [0.4, 0.5) is 11.4 Å². The maximum absolute atomic E-state index is 6.07. The zero-order valence-electron chi connectivity index (χ0n) is 23.7. The van der Waals surface area contributed by atoms with Gasteiger partial charge in [-0.2, -0.15) is 0 Å². The van der Waals surface area contributed by atoms with E-state index >= 15 is 0 Å². The molecule has 0 N–H and O–H groups in total. The van der Waals surface area contributed by atoms with Crippen LogP contribution in [-0.2, 0) is 9.47 Å². The van der Waals surface area contributed by atoms with Crippen LogP contribution in [0.1, 0.15) is 20.3 Å². The first kappa shape index (κ1) is 27.7. The fourth-order valence-electron chi connectivity index (χ4n) is 4.60. The van der Waals surface area contributed by atoms with Crippen LogP contribution >= 0.6 is 0 Å². The van der Waals surface area contributed by atoms with Crippen molar-refractivity contribution >= 4 is 11.4 Å². The molecule has 6 nitrogen and oxygen atoms in total. The number of ether oxygens (including phenoxy) is 4. The molecule has 5 rings (SSSR count). The second-order valence-corrected chi connectivity index (χ2v) is 9.93. The Hall–Kier alpha value is -4.84. The fourth-order valence-corrected chi connectivity index (χ4v) is 4.60. The SMILES string of the molecule is C=C/C=C1/OCN(c2ccc(Oc3ccc(Oc4ccc(N5COC(/C=C\CC)=C(C)C5)cc4)cc3)cc2)CC1=C. The van der Waals surface area contributed by atoms with E-state index in [-0.39, 0.29) is 0 Å². The molecule has 3 aromatic rings. The molecule has 41 heavy (non-hydrogen) atoms. The van der Waals surface area contributed by atoms with E-state index in [0.29, 0.717) is 20.0 Å². The van der Waals surface area contributed by atoms with Crippen molar-refractivity contribution in [1.29, 1.82) is 0 Å². The Morgan fingerprint density at radius 3 is 1.71 bits per heavy atom. The third-order valence-corrected chi connectivity index (χ3v) is 6.80. The first-order valence-corrected chi connectivity index (χ1v) is 13.8. The summed E-state index contributed by atoms with van der Waals surface area (Å²) in [7, 11) is 0. The predicted octanol–water partition coefficient (Wildman–Crippen LogP) is 8.73. The second-order valence-electron chi connectivity index (χ2n) is 9.93. The number of allylic oxidation sites excluding steroid dienone is 4. The van der Waals surface area contributed by atoms with Gasteiger partial charge in [-0.3, -0.25) is 0 Å². The Balaban J connectivity index is 1.13. The van der Waals surface area contributed by atoms with Crippen LogP contribution < -0.4 is 19.3 Å². The summed E-state index contributed by atoms with van der Waals surface area (Å²) in [6.45, 7) is 14.6. The third kappa shape index (κ3) is 7.03. The predicted molar refractivity (Wildman–Crippen MR) is 166 cm³/mol. The fraction of sp³-hybridized carbons (Fsp3) is 0.200. The normalized spacial score (nSPS) is 16.5. The molecule has 3 aromatic carbocycles. The number of benzene rings is 3. The van der Waals surface area contributed by atoms with E-state index in [0.717, 1.165) is 64.4 Å². The molecular weight excluding hydrogens is 512 g/mol. The zero-order chi connectivity index (χ0) is 28.6. The lowest BCUT2D eigenvalue weighted by molar-refractivity contribution is 0.202. The minimum atomic E-state index is 0.463. The van der Waals surface area contributed by atoms with E-state index in [1.165, 1.54) is 5.57 Å². The zero-order valence-corrected chi connectivity index (χ0v) is 23.7. The van der Waals surface area contributed by atoms with Crippen LogP contribution in [-0.4, -0.2) is 26.6 Å². The Morgan fingerprint density at radius 1 is 0.756 bits per heavy atom. The van der Waals surface area contributed by atoms with Crippen LogP contribution in [0, 0.1) is 0 Å². The molecule has 6 heteroatoms. The molecule has 0 aromatic heterocycles. The van der Waals surface area contributed by atoms with Crippen molar-refractivity contribution in [1.82, 2.24) is 0 Å². The molecule has 0 spiro atoms. The van der Waals surface area contributed by atoms with E-state index in [4.69, 9.17) is 18.9 Å². The van der Waals surface area contributed by atoms with Gasteiger partial charge in [-0.25, -0.2) is 0 Å². The van der Waals surface area contributed by atoms with Crippen molar-refractivity contribution < 1.29 is 18.9 Å². The van der Waals surface area contributed by atoms with Crippen molar-refractivity contribution in [2.45, 2.75) is 20.3 Å². The van der Waals surface area contributed by atoms with Gasteiger partial charge in [0.05, 0.1) is 0 Å². The quantitative estimate of drug-likeness (QED) is 0.266. The van der Waals surface area contributed by atoms with E-state index in [1.54, 1.807) is 6.08 Å². The van der Waals surface area contributed by atoms with Gasteiger partial charge >= 0.3 is 0 Å². The van der Waals surface area contributed by atoms with E-state index in [2.05, 4.69) is 61.1 Å². The van der Waals surface area contributed by atoms with Crippen LogP contribution in [0.15, 0.2) is 133 Å². The van der Waals surface area contributed by atoms with Gasteiger partial charge in [0.2, 0.25) is 0 Å². The van der Waals surface area contributed by atoms with Gasteiger partial charge in [0.15, 0.2) is 13.5 Å². The molecule has 2 heterocycles. The largest absolute Gasteiger partial charge is 0.473 e. The topological polar surface area (TPSA) is 43.4 Å². The average molecular weight is 549 g/mol. The third-order valence-electron chi connectivity index (χ3n) is 6.80.